The second kappa shape index (κ2) is 36.5. The fraction of sp³-hybridized carbons (Fsp3) is 0.750. The van der Waals surface area contributed by atoms with E-state index in [0.717, 1.165) is 25.9 Å². The van der Waals surface area contributed by atoms with Gasteiger partial charge in [0.1, 0.15) is 0 Å². The van der Waals surface area contributed by atoms with Crippen LogP contribution in [0.1, 0.15) is 25.7 Å². The predicted molar refractivity (Wildman–Crippen MR) is 68.3 cm³/mol. The zero-order chi connectivity index (χ0) is 11.7. The van der Waals surface area contributed by atoms with E-state index in [1.54, 1.807) is 0 Å². The molecule has 15 heavy (non-hydrogen) atoms. The Balaban J connectivity index is -0.0000000733. The SMILES string of the molecule is N#C[S-].N#C[S-].NCCCCCCN.[Ca+2]. The van der Waals surface area contributed by atoms with Crippen molar-refractivity contribution in [1.82, 2.24) is 0 Å². The van der Waals surface area contributed by atoms with Crippen LogP contribution >= 0.6 is 0 Å². The first-order valence-electron chi connectivity index (χ1n) is 4.17. The number of unbranched alkanes of at least 4 members (excludes halogenated alkanes) is 3. The molecule has 7 heteroatoms. The molecule has 0 heterocycles. The van der Waals surface area contributed by atoms with Crippen LogP contribution in [0.25, 0.3) is 0 Å². The monoisotopic (exact) mass is 272 g/mol. The Hall–Kier alpha value is 0.600. The van der Waals surface area contributed by atoms with Gasteiger partial charge in [-0.25, -0.2) is 10.5 Å². The van der Waals surface area contributed by atoms with E-state index in [1.807, 2.05) is 0 Å². The predicted octanol–water partition coefficient (Wildman–Crippen LogP) is 0.112. The van der Waals surface area contributed by atoms with Crippen molar-refractivity contribution in [2.75, 3.05) is 13.1 Å². The molecule has 0 fully saturated rings. The van der Waals surface area contributed by atoms with Gasteiger partial charge in [-0.3, -0.25) is 0 Å². The van der Waals surface area contributed by atoms with E-state index < -0.39 is 0 Å². The van der Waals surface area contributed by atoms with E-state index in [0.29, 0.717) is 0 Å². The number of thiocyanates is 2. The van der Waals surface area contributed by atoms with Crippen molar-refractivity contribution >= 4 is 63.0 Å². The van der Waals surface area contributed by atoms with Crippen molar-refractivity contribution in [3.8, 4) is 10.8 Å². The van der Waals surface area contributed by atoms with Crippen molar-refractivity contribution in [2.45, 2.75) is 25.7 Å². The number of hydrogen-bond donors (Lipinski definition) is 2. The summed E-state index contributed by atoms with van der Waals surface area (Å²) in [4.78, 5) is 0. The third-order valence-corrected chi connectivity index (χ3v) is 1.16. The second-order valence-electron chi connectivity index (χ2n) is 2.17. The van der Waals surface area contributed by atoms with Gasteiger partial charge in [0, 0.05) is 0 Å². The van der Waals surface area contributed by atoms with Crippen LogP contribution in [-0.4, -0.2) is 50.8 Å². The minimum atomic E-state index is 0. The molecule has 0 aromatic heterocycles. The fourth-order valence-corrected chi connectivity index (χ4v) is 0.642. The summed E-state index contributed by atoms with van der Waals surface area (Å²) >= 11 is 7.40. The van der Waals surface area contributed by atoms with Crippen LogP contribution < -0.4 is 11.5 Å². The third kappa shape index (κ3) is 73.9. The number of nitriles is 2. The van der Waals surface area contributed by atoms with Crippen molar-refractivity contribution in [2.24, 2.45) is 11.5 Å². The molecule has 82 valence electrons. The van der Waals surface area contributed by atoms with E-state index in [4.69, 9.17) is 22.0 Å². The average molecular weight is 272 g/mol. The maximum Gasteiger partial charge on any atom is 2.00 e. The summed E-state index contributed by atoms with van der Waals surface area (Å²) in [5.74, 6) is 0. The first-order valence-corrected chi connectivity index (χ1v) is 4.99. The van der Waals surface area contributed by atoms with Gasteiger partial charge in [0.25, 0.3) is 0 Å². The molecule has 0 aliphatic heterocycles. The second-order valence-corrected chi connectivity index (χ2v) is 2.54. The summed E-state index contributed by atoms with van der Waals surface area (Å²) in [6.45, 7) is 1.65. The van der Waals surface area contributed by atoms with Gasteiger partial charge < -0.3 is 36.7 Å². The maximum absolute atomic E-state index is 7.13. The first kappa shape index (κ1) is 24.7. The van der Waals surface area contributed by atoms with E-state index in [-0.39, 0.29) is 37.7 Å². The Kier molecular flexibility index (Phi) is 60.2. The van der Waals surface area contributed by atoms with Gasteiger partial charge in [-0.2, -0.15) is 0 Å². The van der Waals surface area contributed by atoms with Crippen LogP contribution in [0.15, 0.2) is 0 Å². The zero-order valence-electron chi connectivity index (χ0n) is 8.82. The minimum Gasteiger partial charge on any atom is -0.696 e. The smallest absolute Gasteiger partial charge is 0.696 e. The number of rotatable bonds is 5. The van der Waals surface area contributed by atoms with Crippen LogP contribution in [0.2, 0.25) is 0 Å². The van der Waals surface area contributed by atoms with Gasteiger partial charge in [0.2, 0.25) is 0 Å². The van der Waals surface area contributed by atoms with Crippen LogP contribution in [-0.2, 0) is 25.3 Å². The fourth-order valence-electron chi connectivity index (χ4n) is 0.642. The van der Waals surface area contributed by atoms with E-state index in [9.17, 15) is 0 Å². The van der Waals surface area contributed by atoms with Crippen LogP contribution in [0.5, 0.6) is 0 Å². The number of hydrogen-bond acceptors (Lipinski definition) is 6. The molecule has 0 aliphatic carbocycles. The van der Waals surface area contributed by atoms with Crippen LogP contribution in [0.4, 0.5) is 0 Å². The standard InChI is InChI=1S/C6H16N2.2CHNS.Ca/c7-5-3-1-2-4-6-8;2*2-1-3;/h1-8H2;2*3H;/q;;;+2/p-2. The molecule has 0 unspecified atom stereocenters. The van der Waals surface area contributed by atoms with Gasteiger partial charge >= 0.3 is 37.7 Å². The molecular formula is C8H16CaN4S2. The molecule has 0 aliphatic rings. The quantitative estimate of drug-likeness (QED) is 0.319. The first-order chi connectivity index (χ1) is 6.74. The summed E-state index contributed by atoms with van der Waals surface area (Å²) in [6.07, 6.45) is 4.79. The molecule has 0 amide bonds. The van der Waals surface area contributed by atoms with Gasteiger partial charge in [0.05, 0.1) is 0 Å². The summed E-state index contributed by atoms with van der Waals surface area (Å²) in [5.41, 5.74) is 10.6. The molecule has 0 spiro atoms. The topological polar surface area (TPSA) is 99.6 Å². The van der Waals surface area contributed by atoms with Crippen molar-refractivity contribution in [3.63, 3.8) is 0 Å². The minimum absolute atomic E-state index is 0. The molecule has 4 N–H and O–H groups in total. The van der Waals surface area contributed by atoms with Crippen molar-refractivity contribution in [1.29, 1.82) is 10.5 Å². The zero-order valence-corrected chi connectivity index (χ0v) is 12.7. The molecule has 0 saturated heterocycles. The summed E-state index contributed by atoms with van der Waals surface area (Å²) in [7, 11) is 0. The Morgan fingerprint density at radius 1 is 0.800 bits per heavy atom. The van der Waals surface area contributed by atoms with Crippen LogP contribution in [0.3, 0.4) is 0 Å². The molecule has 0 rings (SSSR count). The third-order valence-electron chi connectivity index (χ3n) is 1.16. The molecule has 4 nitrogen and oxygen atoms in total. The maximum atomic E-state index is 7.13. The summed E-state index contributed by atoms with van der Waals surface area (Å²) in [6, 6.07) is 0. The van der Waals surface area contributed by atoms with Crippen molar-refractivity contribution in [3.05, 3.63) is 0 Å². The Labute approximate surface area is 133 Å². The Morgan fingerprint density at radius 3 is 1.13 bits per heavy atom. The van der Waals surface area contributed by atoms with Gasteiger partial charge in [-0.05, 0) is 25.9 Å². The normalized spacial score (nSPS) is 6.13. The van der Waals surface area contributed by atoms with Crippen molar-refractivity contribution < 1.29 is 0 Å². The van der Waals surface area contributed by atoms with E-state index in [1.165, 1.54) is 23.6 Å². The molecule has 0 aromatic carbocycles. The summed E-state index contributed by atoms with van der Waals surface area (Å²) in [5, 5.41) is 16.9. The molecule has 0 aromatic rings. The Bertz CT molecular complexity index is 138. The molecular weight excluding hydrogens is 256 g/mol. The van der Waals surface area contributed by atoms with E-state index in [2.05, 4.69) is 25.3 Å². The van der Waals surface area contributed by atoms with Gasteiger partial charge in [0.15, 0.2) is 0 Å². The average Bonchev–Trinajstić information content (AvgIpc) is 2.15. The number of nitrogens with zero attached hydrogens (tertiary/aromatic N) is 2. The van der Waals surface area contributed by atoms with Gasteiger partial charge in [-0.1, -0.05) is 23.6 Å². The molecule has 0 saturated carbocycles. The largest absolute Gasteiger partial charge is 2.00 e. The Morgan fingerprint density at radius 2 is 1.00 bits per heavy atom. The molecule has 0 radical (unpaired) electrons. The van der Waals surface area contributed by atoms with Crippen LogP contribution in [0, 0.1) is 21.3 Å². The summed E-state index contributed by atoms with van der Waals surface area (Å²) < 4.78 is 0. The molecule has 0 atom stereocenters. The van der Waals surface area contributed by atoms with E-state index >= 15 is 0 Å². The van der Waals surface area contributed by atoms with Gasteiger partial charge in [-0.15, -0.1) is 0 Å². The number of nitrogens with two attached hydrogens (primary N) is 2. The molecule has 0 bridgehead atoms.